The molecule has 1 atom stereocenters. The number of methoxy groups -OCH3 is 1. The Hall–Kier alpha value is -3.10. The molecule has 0 spiro atoms. The number of benzene rings is 2. The highest BCUT2D eigenvalue weighted by atomic mass is 19.1. The van der Waals surface area contributed by atoms with E-state index in [1.807, 2.05) is 19.1 Å². The molecule has 2 aromatic carbocycles. The molecule has 1 saturated heterocycles. The van der Waals surface area contributed by atoms with Crippen LogP contribution in [0.15, 0.2) is 47.3 Å². The zero-order chi connectivity index (χ0) is 22.0. The summed E-state index contributed by atoms with van der Waals surface area (Å²) in [5.74, 6) is -0.880. The minimum atomic E-state index is -0.548. The molecule has 1 amide bonds. The van der Waals surface area contributed by atoms with Gasteiger partial charge in [-0.2, -0.15) is 5.10 Å². The first kappa shape index (κ1) is 21.1. The minimum absolute atomic E-state index is 0.0449. The number of ether oxygens (including phenoxy) is 1. The Morgan fingerprint density at radius 1 is 1.29 bits per heavy atom. The van der Waals surface area contributed by atoms with Crippen LogP contribution in [0.4, 0.5) is 4.39 Å². The van der Waals surface area contributed by atoms with Gasteiger partial charge in [-0.1, -0.05) is 31.2 Å². The lowest BCUT2D eigenvalue weighted by Gasteiger charge is -2.41. The van der Waals surface area contributed by atoms with Gasteiger partial charge in [0.25, 0.3) is 11.5 Å². The van der Waals surface area contributed by atoms with Crippen LogP contribution in [0, 0.1) is 5.82 Å². The van der Waals surface area contributed by atoms with Crippen LogP contribution >= 0.6 is 0 Å². The summed E-state index contributed by atoms with van der Waals surface area (Å²) in [4.78, 5) is 26.5. The molecule has 1 aromatic heterocycles. The molecule has 1 fully saturated rings. The van der Waals surface area contributed by atoms with Crippen molar-refractivity contribution < 1.29 is 13.9 Å². The van der Waals surface area contributed by atoms with Crippen molar-refractivity contribution in [3.63, 3.8) is 0 Å². The molecule has 162 valence electrons. The topological polar surface area (TPSA) is 87.3 Å². The summed E-state index contributed by atoms with van der Waals surface area (Å²) in [6, 6.07) is 11.9. The van der Waals surface area contributed by atoms with Crippen LogP contribution in [0.5, 0.6) is 0 Å². The number of rotatable bonds is 7. The van der Waals surface area contributed by atoms with Gasteiger partial charge in [-0.15, -0.1) is 0 Å². The number of hydrogen-bond acceptors (Lipinski definition) is 5. The molecule has 3 aromatic rings. The number of aromatic nitrogens is 2. The lowest BCUT2D eigenvalue weighted by atomic mass is 10.0. The SMILES string of the molecule is CC[C@H](NC1CN(C(=O)c2cc(Cc3n[nH]c(=O)c4ccccc34)ccc2F)C1)OC. The van der Waals surface area contributed by atoms with E-state index in [-0.39, 0.29) is 29.3 Å². The number of nitrogens with zero attached hydrogens (tertiary/aromatic N) is 2. The molecule has 0 aliphatic carbocycles. The summed E-state index contributed by atoms with van der Waals surface area (Å²) in [5, 5.41) is 11.3. The van der Waals surface area contributed by atoms with E-state index in [9.17, 15) is 14.0 Å². The maximum absolute atomic E-state index is 14.5. The predicted molar refractivity (Wildman–Crippen MR) is 115 cm³/mol. The van der Waals surface area contributed by atoms with Gasteiger partial charge in [-0.05, 0) is 30.2 Å². The van der Waals surface area contributed by atoms with Crippen molar-refractivity contribution in [2.45, 2.75) is 32.0 Å². The molecular formula is C23H25FN4O3. The number of aromatic amines is 1. The molecule has 8 heteroatoms. The fourth-order valence-corrected chi connectivity index (χ4v) is 3.88. The summed E-state index contributed by atoms with van der Waals surface area (Å²) < 4.78 is 19.8. The fourth-order valence-electron chi connectivity index (χ4n) is 3.88. The predicted octanol–water partition coefficient (Wildman–Crippen LogP) is 2.45. The Kier molecular flexibility index (Phi) is 6.11. The molecule has 4 rings (SSSR count). The second-order valence-corrected chi connectivity index (χ2v) is 7.74. The van der Waals surface area contributed by atoms with Gasteiger partial charge in [0, 0.05) is 38.0 Å². The highest BCUT2D eigenvalue weighted by Gasteiger charge is 2.33. The van der Waals surface area contributed by atoms with Crippen molar-refractivity contribution in [1.29, 1.82) is 0 Å². The largest absolute Gasteiger partial charge is 0.367 e. The van der Waals surface area contributed by atoms with E-state index in [2.05, 4.69) is 15.5 Å². The van der Waals surface area contributed by atoms with Crippen LogP contribution in [0.1, 0.15) is 35.0 Å². The van der Waals surface area contributed by atoms with E-state index in [1.165, 1.54) is 6.07 Å². The first-order chi connectivity index (χ1) is 15.0. The number of likely N-dealkylation sites (tertiary alicyclic amines) is 1. The van der Waals surface area contributed by atoms with Crippen LogP contribution in [0.3, 0.4) is 0 Å². The second kappa shape index (κ2) is 8.95. The van der Waals surface area contributed by atoms with E-state index in [0.717, 1.165) is 17.4 Å². The normalized spacial score (nSPS) is 15.1. The molecular weight excluding hydrogens is 399 g/mol. The maximum Gasteiger partial charge on any atom is 0.272 e. The van der Waals surface area contributed by atoms with E-state index in [0.29, 0.717) is 30.6 Å². The van der Waals surface area contributed by atoms with Crippen molar-refractivity contribution in [2.75, 3.05) is 20.2 Å². The molecule has 7 nitrogen and oxygen atoms in total. The molecule has 0 unspecified atom stereocenters. The van der Waals surface area contributed by atoms with Crippen molar-refractivity contribution in [2.24, 2.45) is 0 Å². The van der Waals surface area contributed by atoms with Gasteiger partial charge < -0.3 is 9.64 Å². The number of halogens is 1. The van der Waals surface area contributed by atoms with Crippen molar-refractivity contribution >= 4 is 16.7 Å². The van der Waals surface area contributed by atoms with Gasteiger partial charge >= 0.3 is 0 Å². The summed E-state index contributed by atoms with van der Waals surface area (Å²) >= 11 is 0. The first-order valence-corrected chi connectivity index (χ1v) is 10.3. The molecule has 2 N–H and O–H groups in total. The van der Waals surface area contributed by atoms with Crippen LogP contribution < -0.4 is 10.9 Å². The molecule has 0 radical (unpaired) electrons. The van der Waals surface area contributed by atoms with Crippen molar-refractivity contribution in [1.82, 2.24) is 20.4 Å². The number of carbonyl (C=O) groups excluding carboxylic acids is 1. The van der Waals surface area contributed by atoms with Gasteiger partial charge in [0.05, 0.1) is 16.6 Å². The molecule has 1 aliphatic heterocycles. The number of amides is 1. The van der Waals surface area contributed by atoms with Gasteiger partial charge in [-0.3, -0.25) is 14.9 Å². The quantitative estimate of drug-likeness (QED) is 0.569. The number of carbonyl (C=O) groups is 1. The zero-order valence-electron chi connectivity index (χ0n) is 17.5. The fraction of sp³-hybridized carbons (Fsp3) is 0.348. The molecule has 31 heavy (non-hydrogen) atoms. The van der Waals surface area contributed by atoms with Gasteiger partial charge in [-0.25, -0.2) is 9.49 Å². The third-order valence-corrected chi connectivity index (χ3v) is 5.65. The Morgan fingerprint density at radius 2 is 2.03 bits per heavy atom. The van der Waals surface area contributed by atoms with Crippen molar-refractivity contribution in [3.05, 3.63) is 75.5 Å². The van der Waals surface area contributed by atoms with E-state index in [4.69, 9.17) is 4.74 Å². The summed E-state index contributed by atoms with van der Waals surface area (Å²) in [6.45, 7) is 3.03. The van der Waals surface area contributed by atoms with E-state index < -0.39 is 5.82 Å². The lowest BCUT2D eigenvalue weighted by Crippen LogP contribution is -2.62. The van der Waals surface area contributed by atoms with Crippen LogP contribution in [0.2, 0.25) is 0 Å². The molecule has 1 aliphatic rings. The Bertz CT molecular complexity index is 1150. The second-order valence-electron chi connectivity index (χ2n) is 7.74. The van der Waals surface area contributed by atoms with Crippen LogP contribution in [-0.4, -0.2) is 53.5 Å². The zero-order valence-corrected chi connectivity index (χ0v) is 17.5. The first-order valence-electron chi connectivity index (χ1n) is 10.3. The maximum atomic E-state index is 14.5. The number of hydrogen-bond donors (Lipinski definition) is 2. The number of nitrogens with one attached hydrogen (secondary N) is 2. The molecule has 0 saturated carbocycles. The van der Waals surface area contributed by atoms with Gasteiger partial charge in [0.1, 0.15) is 12.0 Å². The Balaban J connectivity index is 1.50. The van der Waals surface area contributed by atoms with Crippen LogP contribution in [-0.2, 0) is 11.2 Å². The summed E-state index contributed by atoms with van der Waals surface area (Å²) in [7, 11) is 1.64. The lowest BCUT2D eigenvalue weighted by molar-refractivity contribution is 0.0217. The Morgan fingerprint density at radius 3 is 2.74 bits per heavy atom. The third-order valence-electron chi connectivity index (χ3n) is 5.65. The average molecular weight is 424 g/mol. The van der Waals surface area contributed by atoms with Gasteiger partial charge in [0.2, 0.25) is 0 Å². The smallest absolute Gasteiger partial charge is 0.272 e. The van der Waals surface area contributed by atoms with Crippen molar-refractivity contribution in [3.8, 4) is 0 Å². The standard InChI is InChI=1S/C23H25FN4O3/c1-3-21(31-2)25-15-12-28(13-15)23(30)18-10-14(8-9-19(18)24)11-20-16-6-4-5-7-17(16)22(29)27-26-20/h4-10,15,21,25H,3,11-13H2,1-2H3,(H,27,29)/t21-/m1/s1. The summed E-state index contributed by atoms with van der Waals surface area (Å²) in [6.07, 6.45) is 1.14. The number of fused-ring (bicyclic) bond motifs is 1. The minimum Gasteiger partial charge on any atom is -0.367 e. The molecule has 0 bridgehead atoms. The monoisotopic (exact) mass is 424 g/mol. The van der Waals surface area contributed by atoms with Gasteiger partial charge in [0.15, 0.2) is 0 Å². The van der Waals surface area contributed by atoms with E-state index >= 15 is 0 Å². The number of H-pyrrole nitrogens is 1. The average Bonchev–Trinajstić information content (AvgIpc) is 2.76. The molecule has 2 heterocycles. The van der Waals surface area contributed by atoms with E-state index in [1.54, 1.807) is 36.3 Å². The Labute approximate surface area is 179 Å². The van der Waals surface area contributed by atoms with Crippen LogP contribution in [0.25, 0.3) is 10.8 Å². The third kappa shape index (κ3) is 4.35. The summed E-state index contributed by atoms with van der Waals surface area (Å²) in [5.41, 5.74) is 1.20. The highest BCUT2D eigenvalue weighted by Crippen LogP contribution is 2.21. The highest BCUT2D eigenvalue weighted by molar-refractivity contribution is 5.95.